The fourth-order valence-corrected chi connectivity index (χ4v) is 5.39. The molecule has 1 aromatic carbocycles. The minimum absolute atomic E-state index is 0.339. The average Bonchev–Trinajstić information content (AvgIpc) is 3.37. The molecule has 0 spiro atoms. The number of rotatable bonds is 7. The van der Waals surface area contributed by atoms with Gasteiger partial charge in [-0.05, 0) is 38.3 Å². The summed E-state index contributed by atoms with van der Waals surface area (Å²) in [7, 11) is 1.76. The largest absolute Gasteiger partial charge is 0.508 e. The summed E-state index contributed by atoms with van der Waals surface area (Å²) in [6, 6.07) is 7.95. The number of ether oxygens (including phenoxy) is 1. The number of thiazole rings is 1. The third-order valence-electron chi connectivity index (χ3n) is 6.29. The maximum Gasteiger partial charge on any atom is 0.120 e. The Hall–Kier alpha value is -1.51. The number of para-hydroxylation sites is 1. The molecule has 0 radical (unpaired) electrons. The zero-order chi connectivity index (χ0) is 20.3. The van der Waals surface area contributed by atoms with Gasteiger partial charge in [-0.25, -0.2) is 4.98 Å². The van der Waals surface area contributed by atoms with Gasteiger partial charge in [0.25, 0.3) is 0 Å². The van der Waals surface area contributed by atoms with Gasteiger partial charge in [0.2, 0.25) is 0 Å². The minimum Gasteiger partial charge on any atom is -0.508 e. The van der Waals surface area contributed by atoms with Crippen LogP contribution in [0.15, 0.2) is 29.6 Å². The Bertz CT molecular complexity index is 804. The van der Waals surface area contributed by atoms with Crippen LogP contribution in [-0.4, -0.2) is 64.4 Å². The summed E-state index contributed by atoms with van der Waals surface area (Å²) >= 11 is 1.65. The van der Waals surface area contributed by atoms with Crippen LogP contribution in [0, 0.1) is 0 Å². The molecule has 2 aliphatic heterocycles. The molecule has 1 atom stereocenters. The molecule has 1 unspecified atom stereocenters. The molecule has 2 N–H and O–H groups in total. The van der Waals surface area contributed by atoms with Crippen LogP contribution in [0.4, 0.5) is 0 Å². The highest BCUT2D eigenvalue weighted by Gasteiger charge is 2.36. The number of phenols is 1. The number of aromatic nitrogens is 1. The summed E-state index contributed by atoms with van der Waals surface area (Å²) in [4.78, 5) is 9.55. The van der Waals surface area contributed by atoms with E-state index in [4.69, 9.17) is 9.72 Å². The standard InChI is InChI=1S/C22H31N3O3S/c1-28-15-18-6-4-10-25(18)14-21-23-20(16-29-21)22(27)8-11-24(12-9-22)13-17-5-2-3-7-19(17)26/h2-3,5,7,16,18,26-27H,4,6,8-15H2,1H3. The van der Waals surface area contributed by atoms with Crippen molar-refractivity contribution in [3.63, 3.8) is 0 Å². The molecule has 29 heavy (non-hydrogen) atoms. The van der Waals surface area contributed by atoms with Gasteiger partial charge >= 0.3 is 0 Å². The zero-order valence-electron chi connectivity index (χ0n) is 17.1. The highest BCUT2D eigenvalue weighted by Crippen LogP contribution is 2.35. The molecular weight excluding hydrogens is 386 g/mol. The van der Waals surface area contributed by atoms with E-state index >= 15 is 0 Å². The molecule has 1 aromatic heterocycles. The summed E-state index contributed by atoms with van der Waals surface area (Å²) in [5.74, 6) is 0.339. The summed E-state index contributed by atoms with van der Waals surface area (Å²) in [5.41, 5.74) is 0.910. The highest BCUT2D eigenvalue weighted by atomic mass is 32.1. The monoisotopic (exact) mass is 417 g/mol. The topological polar surface area (TPSA) is 69.1 Å². The van der Waals surface area contributed by atoms with Gasteiger partial charge in [-0.3, -0.25) is 9.80 Å². The van der Waals surface area contributed by atoms with E-state index in [9.17, 15) is 10.2 Å². The lowest BCUT2D eigenvalue weighted by molar-refractivity contribution is -0.0309. The van der Waals surface area contributed by atoms with Crippen molar-refractivity contribution in [2.24, 2.45) is 0 Å². The fourth-order valence-electron chi connectivity index (χ4n) is 4.48. The smallest absolute Gasteiger partial charge is 0.120 e. The molecule has 0 aliphatic carbocycles. The van der Waals surface area contributed by atoms with Crippen molar-refractivity contribution in [2.45, 2.75) is 50.4 Å². The number of aromatic hydroxyl groups is 1. The van der Waals surface area contributed by atoms with Crippen LogP contribution < -0.4 is 0 Å². The number of hydrogen-bond acceptors (Lipinski definition) is 7. The van der Waals surface area contributed by atoms with Crippen LogP contribution >= 0.6 is 11.3 Å². The normalized spacial score (nSPS) is 22.9. The second-order valence-corrected chi connectivity index (χ2v) is 9.23. The number of nitrogens with zero attached hydrogens (tertiary/aromatic N) is 3. The quantitative estimate of drug-likeness (QED) is 0.722. The molecule has 4 rings (SSSR count). The number of phenolic OH excluding ortho intramolecular Hbond substituents is 1. The van der Waals surface area contributed by atoms with E-state index in [-0.39, 0.29) is 0 Å². The molecule has 0 bridgehead atoms. The van der Waals surface area contributed by atoms with Gasteiger partial charge in [0.05, 0.1) is 18.8 Å². The Morgan fingerprint density at radius 3 is 2.76 bits per heavy atom. The Morgan fingerprint density at radius 1 is 1.21 bits per heavy atom. The van der Waals surface area contributed by atoms with E-state index in [0.717, 1.165) is 49.1 Å². The van der Waals surface area contributed by atoms with Gasteiger partial charge in [0, 0.05) is 43.7 Å². The highest BCUT2D eigenvalue weighted by molar-refractivity contribution is 7.09. The number of piperidine rings is 1. The van der Waals surface area contributed by atoms with E-state index in [2.05, 4.69) is 9.80 Å². The summed E-state index contributed by atoms with van der Waals surface area (Å²) < 4.78 is 5.35. The van der Waals surface area contributed by atoms with E-state index in [1.807, 2.05) is 23.6 Å². The summed E-state index contributed by atoms with van der Waals surface area (Å²) in [6.07, 6.45) is 3.73. The molecule has 0 saturated carbocycles. The van der Waals surface area contributed by atoms with Crippen LogP contribution in [0.2, 0.25) is 0 Å². The van der Waals surface area contributed by atoms with Gasteiger partial charge in [0.15, 0.2) is 0 Å². The van der Waals surface area contributed by atoms with Crippen LogP contribution in [0.25, 0.3) is 0 Å². The van der Waals surface area contributed by atoms with Crippen molar-refractivity contribution in [1.29, 1.82) is 0 Å². The van der Waals surface area contributed by atoms with Gasteiger partial charge in [0.1, 0.15) is 16.4 Å². The number of methoxy groups -OCH3 is 1. The predicted molar refractivity (Wildman–Crippen MR) is 114 cm³/mol. The molecule has 158 valence electrons. The van der Waals surface area contributed by atoms with E-state index < -0.39 is 5.60 Å². The van der Waals surface area contributed by atoms with Crippen molar-refractivity contribution in [3.8, 4) is 5.75 Å². The summed E-state index contributed by atoms with van der Waals surface area (Å²) in [6.45, 7) is 5.00. The van der Waals surface area contributed by atoms with Gasteiger partial charge in [-0.2, -0.15) is 0 Å². The van der Waals surface area contributed by atoms with Gasteiger partial charge in [-0.15, -0.1) is 11.3 Å². The molecular formula is C22H31N3O3S. The molecule has 7 heteroatoms. The zero-order valence-corrected chi connectivity index (χ0v) is 17.9. The molecule has 3 heterocycles. The first-order chi connectivity index (χ1) is 14.1. The van der Waals surface area contributed by atoms with Gasteiger partial charge < -0.3 is 14.9 Å². The Labute approximate surface area is 176 Å². The number of likely N-dealkylation sites (tertiary alicyclic amines) is 2. The molecule has 0 amide bonds. The van der Waals surface area contributed by atoms with E-state index in [1.165, 1.54) is 12.8 Å². The SMILES string of the molecule is COCC1CCCN1Cc1nc(C2(O)CCN(Cc3ccccc3O)CC2)cs1. The molecule has 2 saturated heterocycles. The predicted octanol–water partition coefficient (Wildman–Crippen LogP) is 2.94. The first kappa shape index (κ1) is 20.8. The first-order valence-corrected chi connectivity index (χ1v) is 11.3. The van der Waals surface area contributed by atoms with Crippen molar-refractivity contribution >= 4 is 11.3 Å². The van der Waals surface area contributed by atoms with E-state index in [0.29, 0.717) is 31.2 Å². The maximum atomic E-state index is 11.2. The van der Waals surface area contributed by atoms with Crippen molar-refractivity contribution in [1.82, 2.24) is 14.8 Å². The van der Waals surface area contributed by atoms with Crippen LogP contribution in [0.1, 0.15) is 41.9 Å². The van der Waals surface area contributed by atoms with Crippen molar-refractivity contribution in [3.05, 3.63) is 45.9 Å². The Balaban J connectivity index is 1.34. The third kappa shape index (κ3) is 4.81. The second kappa shape index (κ2) is 9.10. The molecule has 2 aromatic rings. The van der Waals surface area contributed by atoms with Crippen LogP contribution in [-0.2, 0) is 23.4 Å². The van der Waals surface area contributed by atoms with Gasteiger partial charge in [-0.1, -0.05) is 18.2 Å². The number of hydrogen-bond donors (Lipinski definition) is 2. The first-order valence-electron chi connectivity index (χ1n) is 10.5. The van der Waals surface area contributed by atoms with Crippen molar-refractivity contribution < 1.29 is 14.9 Å². The lowest BCUT2D eigenvalue weighted by Gasteiger charge is -2.37. The Kier molecular flexibility index (Phi) is 6.51. The molecule has 2 aliphatic rings. The minimum atomic E-state index is -0.846. The number of benzene rings is 1. The second-order valence-electron chi connectivity index (χ2n) is 8.28. The fraction of sp³-hybridized carbons (Fsp3) is 0.591. The van der Waals surface area contributed by atoms with Crippen LogP contribution in [0.5, 0.6) is 5.75 Å². The summed E-state index contributed by atoms with van der Waals surface area (Å²) in [5, 5.41) is 24.3. The third-order valence-corrected chi connectivity index (χ3v) is 7.13. The maximum absolute atomic E-state index is 11.2. The average molecular weight is 418 g/mol. The van der Waals surface area contributed by atoms with Crippen LogP contribution in [0.3, 0.4) is 0 Å². The lowest BCUT2D eigenvalue weighted by atomic mass is 9.88. The van der Waals surface area contributed by atoms with Crippen molar-refractivity contribution in [2.75, 3.05) is 33.4 Å². The lowest BCUT2D eigenvalue weighted by Crippen LogP contribution is -2.42. The Morgan fingerprint density at radius 2 is 2.00 bits per heavy atom. The van der Waals surface area contributed by atoms with E-state index in [1.54, 1.807) is 24.5 Å². The number of aliphatic hydroxyl groups is 1. The molecule has 6 nitrogen and oxygen atoms in total. The molecule has 2 fully saturated rings.